The second-order valence-corrected chi connectivity index (χ2v) is 6.46. The first-order chi connectivity index (χ1) is 11.6. The third-order valence-corrected chi connectivity index (χ3v) is 4.06. The van der Waals surface area contributed by atoms with E-state index >= 15 is 0 Å². The van der Waals surface area contributed by atoms with Crippen molar-refractivity contribution >= 4 is 5.91 Å². The summed E-state index contributed by atoms with van der Waals surface area (Å²) >= 11 is 0. The molecule has 0 aliphatic carbocycles. The lowest BCUT2D eigenvalue weighted by atomic mass is 10.0. The maximum Gasteiger partial charge on any atom is 0.255 e. The average Bonchev–Trinajstić information content (AvgIpc) is 3.14. The minimum absolute atomic E-state index is 0.0183. The fourth-order valence-corrected chi connectivity index (χ4v) is 2.74. The summed E-state index contributed by atoms with van der Waals surface area (Å²) in [6, 6.07) is 3.82. The Morgan fingerprint density at radius 1 is 1.25 bits per heavy atom. The van der Waals surface area contributed by atoms with Gasteiger partial charge in [0.1, 0.15) is 0 Å². The molecule has 24 heavy (non-hydrogen) atoms. The molecular formula is C17H23N5O2. The van der Waals surface area contributed by atoms with Crippen LogP contribution in [0.2, 0.25) is 0 Å². The Labute approximate surface area is 141 Å². The molecular weight excluding hydrogens is 306 g/mol. The fraction of sp³-hybridized carbons (Fsp3) is 0.529. The number of pyridine rings is 1. The van der Waals surface area contributed by atoms with Gasteiger partial charge in [0, 0.05) is 25.4 Å². The lowest BCUT2D eigenvalue weighted by Gasteiger charge is -2.31. The van der Waals surface area contributed by atoms with E-state index in [0.29, 0.717) is 37.1 Å². The molecule has 7 heteroatoms. The number of carbonyl (C=O) groups excluding carboxylic acids is 1. The zero-order chi connectivity index (χ0) is 16.9. The highest BCUT2D eigenvalue weighted by Crippen LogP contribution is 2.22. The first-order valence-corrected chi connectivity index (χ1v) is 8.37. The number of rotatable bonds is 5. The first kappa shape index (κ1) is 16.4. The maximum atomic E-state index is 12.6. The van der Waals surface area contributed by atoms with Crippen LogP contribution in [-0.2, 0) is 0 Å². The minimum Gasteiger partial charge on any atom is -0.477 e. The third kappa shape index (κ3) is 3.90. The largest absolute Gasteiger partial charge is 0.477 e. The molecule has 1 aliphatic rings. The van der Waals surface area contributed by atoms with Crippen LogP contribution in [0.5, 0.6) is 5.88 Å². The average molecular weight is 329 g/mol. The van der Waals surface area contributed by atoms with Gasteiger partial charge < -0.3 is 9.64 Å². The van der Waals surface area contributed by atoms with Gasteiger partial charge in [-0.2, -0.15) is 15.0 Å². The molecule has 3 rings (SSSR count). The van der Waals surface area contributed by atoms with E-state index in [9.17, 15) is 4.79 Å². The van der Waals surface area contributed by atoms with E-state index in [-0.39, 0.29) is 11.9 Å². The number of hydrogen-bond acceptors (Lipinski definition) is 5. The maximum absolute atomic E-state index is 12.6. The Balaban J connectivity index is 1.55. The molecule has 2 aromatic rings. The number of nitrogens with zero attached hydrogens (tertiary/aromatic N) is 5. The van der Waals surface area contributed by atoms with Gasteiger partial charge in [0.2, 0.25) is 5.88 Å². The predicted molar refractivity (Wildman–Crippen MR) is 88.8 cm³/mol. The van der Waals surface area contributed by atoms with Crippen LogP contribution in [0.3, 0.4) is 0 Å². The second kappa shape index (κ2) is 7.42. The molecule has 0 saturated carbocycles. The van der Waals surface area contributed by atoms with E-state index in [0.717, 1.165) is 12.8 Å². The second-order valence-electron chi connectivity index (χ2n) is 6.46. The number of ether oxygens (including phenoxy) is 1. The molecule has 1 saturated heterocycles. The van der Waals surface area contributed by atoms with Crippen molar-refractivity contribution in [3.63, 3.8) is 0 Å². The topological polar surface area (TPSA) is 73.1 Å². The van der Waals surface area contributed by atoms with Crippen molar-refractivity contribution in [1.82, 2.24) is 24.9 Å². The summed E-state index contributed by atoms with van der Waals surface area (Å²) in [6.45, 7) is 6.20. The van der Waals surface area contributed by atoms with Gasteiger partial charge in [-0.25, -0.2) is 4.98 Å². The summed E-state index contributed by atoms with van der Waals surface area (Å²) in [5.74, 6) is 1.02. The van der Waals surface area contributed by atoms with E-state index in [1.54, 1.807) is 35.5 Å². The zero-order valence-electron chi connectivity index (χ0n) is 14.1. The lowest BCUT2D eigenvalue weighted by molar-refractivity contribution is 0.0683. The molecule has 0 bridgehead atoms. The van der Waals surface area contributed by atoms with E-state index in [2.05, 4.69) is 29.0 Å². The molecule has 2 aromatic heterocycles. The van der Waals surface area contributed by atoms with Crippen molar-refractivity contribution in [2.24, 2.45) is 5.92 Å². The summed E-state index contributed by atoms with van der Waals surface area (Å²) in [4.78, 5) is 20.4. The Bertz CT molecular complexity index is 646. The number of hydrogen-bond donors (Lipinski definition) is 0. The highest BCUT2D eigenvalue weighted by molar-refractivity contribution is 5.94. The van der Waals surface area contributed by atoms with Crippen molar-refractivity contribution in [2.75, 3.05) is 19.7 Å². The van der Waals surface area contributed by atoms with Crippen LogP contribution >= 0.6 is 0 Å². The standard InChI is InChI=1S/C17H23N5O2/c1-13(2)12-24-16-4-3-14(11-18-16)17(23)21-9-5-15(6-10-21)22-19-7-8-20-22/h3-4,7-8,11,13,15H,5-6,9-10,12H2,1-2H3. The van der Waals surface area contributed by atoms with Crippen LogP contribution < -0.4 is 4.74 Å². The van der Waals surface area contributed by atoms with Crippen LogP contribution in [-0.4, -0.2) is 50.5 Å². The lowest BCUT2D eigenvalue weighted by Crippen LogP contribution is -2.39. The summed E-state index contributed by atoms with van der Waals surface area (Å²) in [6.07, 6.45) is 6.70. The predicted octanol–water partition coefficient (Wildman–Crippen LogP) is 2.19. The summed E-state index contributed by atoms with van der Waals surface area (Å²) < 4.78 is 5.55. The smallest absolute Gasteiger partial charge is 0.255 e. The number of likely N-dealkylation sites (tertiary alicyclic amines) is 1. The van der Waals surface area contributed by atoms with Gasteiger partial charge in [-0.05, 0) is 24.8 Å². The highest BCUT2D eigenvalue weighted by atomic mass is 16.5. The van der Waals surface area contributed by atoms with Crippen LogP contribution in [0.4, 0.5) is 0 Å². The molecule has 128 valence electrons. The zero-order valence-corrected chi connectivity index (χ0v) is 14.1. The molecule has 0 atom stereocenters. The van der Waals surface area contributed by atoms with E-state index in [1.807, 2.05) is 4.90 Å². The highest BCUT2D eigenvalue weighted by Gasteiger charge is 2.25. The molecule has 1 fully saturated rings. The van der Waals surface area contributed by atoms with Gasteiger partial charge in [-0.3, -0.25) is 4.79 Å². The molecule has 0 N–H and O–H groups in total. The number of carbonyl (C=O) groups is 1. The molecule has 0 unspecified atom stereocenters. The molecule has 0 aromatic carbocycles. The van der Waals surface area contributed by atoms with Crippen LogP contribution in [0.15, 0.2) is 30.7 Å². The molecule has 7 nitrogen and oxygen atoms in total. The van der Waals surface area contributed by atoms with Crippen molar-refractivity contribution in [3.8, 4) is 5.88 Å². The van der Waals surface area contributed by atoms with Crippen molar-refractivity contribution in [1.29, 1.82) is 0 Å². The molecule has 1 aliphatic heterocycles. The SMILES string of the molecule is CC(C)COc1ccc(C(=O)N2CCC(n3nccn3)CC2)cn1. The Morgan fingerprint density at radius 3 is 2.54 bits per heavy atom. The van der Waals surface area contributed by atoms with Gasteiger partial charge in [0.15, 0.2) is 0 Å². The van der Waals surface area contributed by atoms with E-state index in [1.165, 1.54) is 0 Å². The summed E-state index contributed by atoms with van der Waals surface area (Å²) in [5.41, 5.74) is 0.600. The van der Waals surface area contributed by atoms with Gasteiger partial charge in [-0.15, -0.1) is 0 Å². The van der Waals surface area contributed by atoms with Crippen molar-refractivity contribution in [2.45, 2.75) is 32.7 Å². The number of piperidine rings is 1. The van der Waals surface area contributed by atoms with Crippen molar-refractivity contribution < 1.29 is 9.53 Å². The Morgan fingerprint density at radius 2 is 1.96 bits per heavy atom. The molecule has 1 amide bonds. The molecule has 3 heterocycles. The first-order valence-electron chi connectivity index (χ1n) is 8.37. The number of aromatic nitrogens is 4. The molecule has 0 radical (unpaired) electrons. The quantitative estimate of drug-likeness (QED) is 0.840. The Hall–Kier alpha value is -2.44. The molecule has 0 spiro atoms. The van der Waals surface area contributed by atoms with E-state index in [4.69, 9.17) is 4.74 Å². The minimum atomic E-state index is 0.0183. The number of amides is 1. The van der Waals surface area contributed by atoms with Gasteiger partial charge >= 0.3 is 0 Å². The van der Waals surface area contributed by atoms with Crippen LogP contribution in [0, 0.1) is 5.92 Å². The van der Waals surface area contributed by atoms with Crippen LogP contribution in [0.1, 0.15) is 43.1 Å². The fourth-order valence-electron chi connectivity index (χ4n) is 2.74. The summed E-state index contributed by atoms with van der Waals surface area (Å²) in [7, 11) is 0. The van der Waals surface area contributed by atoms with Gasteiger partial charge in [0.05, 0.1) is 30.6 Å². The Kier molecular flexibility index (Phi) is 5.08. The van der Waals surface area contributed by atoms with Gasteiger partial charge in [-0.1, -0.05) is 13.8 Å². The van der Waals surface area contributed by atoms with E-state index < -0.39 is 0 Å². The van der Waals surface area contributed by atoms with Gasteiger partial charge in [0.25, 0.3) is 5.91 Å². The summed E-state index contributed by atoms with van der Waals surface area (Å²) in [5, 5.41) is 8.37. The van der Waals surface area contributed by atoms with Crippen molar-refractivity contribution in [3.05, 3.63) is 36.3 Å². The monoisotopic (exact) mass is 329 g/mol. The third-order valence-electron chi connectivity index (χ3n) is 4.06. The normalized spacial score (nSPS) is 15.7. The van der Waals surface area contributed by atoms with Crippen LogP contribution in [0.25, 0.3) is 0 Å².